The average molecular weight is 199 g/mol. The summed E-state index contributed by atoms with van der Waals surface area (Å²) >= 11 is 0. The summed E-state index contributed by atoms with van der Waals surface area (Å²) in [4.78, 5) is 0. The zero-order chi connectivity index (χ0) is 9.86. The maximum Gasteiger partial charge on any atom is 0.0645 e. The monoisotopic (exact) mass is 199 g/mol. The normalized spacial score (nSPS) is 37.9. The third kappa shape index (κ3) is 2.27. The second-order valence-corrected chi connectivity index (χ2v) is 4.58. The van der Waals surface area contributed by atoms with E-state index >= 15 is 0 Å². The van der Waals surface area contributed by atoms with Gasteiger partial charge in [0.15, 0.2) is 0 Å². The van der Waals surface area contributed by atoms with E-state index in [0.29, 0.717) is 6.10 Å². The van der Waals surface area contributed by atoms with Gasteiger partial charge in [0.05, 0.1) is 12.7 Å². The Bertz CT molecular complexity index is 172. The lowest BCUT2D eigenvalue weighted by Gasteiger charge is -2.31. The van der Waals surface area contributed by atoms with Crippen LogP contribution in [0.3, 0.4) is 0 Å². The molecular weight excluding hydrogens is 178 g/mol. The summed E-state index contributed by atoms with van der Waals surface area (Å²) in [6, 6.07) is 0. The Morgan fingerprint density at radius 3 is 3.00 bits per heavy atom. The van der Waals surface area contributed by atoms with E-state index in [-0.39, 0.29) is 5.54 Å². The van der Waals surface area contributed by atoms with Gasteiger partial charge in [0.25, 0.3) is 0 Å². The molecule has 1 N–H and O–H groups in total. The van der Waals surface area contributed by atoms with Crippen LogP contribution in [0.4, 0.5) is 0 Å². The lowest BCUT2D eigenvalue weighted by Crippen LogP contribution is -2.46. The van der Waals surface area contributed by atoms with Gasteiger partial charge in [-0.25, -0.2) is 0 Å². The Labute approximate surface area is 86.2 Å². The number of methoxy groups -OCH3 is 1. The SMILES string of the molecule is COCC1(CC2CCCO2)CCCN1. The summed E-state index contributed by atoms with van der Waals surface area (Å²) in [6.45, 7) is 2.91. The number of hydrogen-bond donors (Lipinski definition) is 1. The second-order valence-electron chi connectivity index (χ2n) is 4.58. The molecule has 2 heterocycles. The maximum absolute atomic E-state index is 5.69. The molecule has 0 bridgehead atoms. The molecule has 3 heteroatoms. The van der Waals surface area contributed by atoms with Crippen LogP contribution < -0.4 is 5.32 Å². The molecule has 2 rings (SSSR count). The number of ether oxygens (including phenoxy) is 2. The molecule has 2 aliphatic heterocycles. The van der Waals surface area contributed by atoms with Crippen LogP contribution in [-0.2, 0) is 9.47 Å². The van der Waals surface area contributed by atoms with Crippen molar-refractivity contribution in [2.75, 3.05) is 26.9 Å². The van der Waals surface area contributed by atoms with Crippen molar-refractivity contribution >= 4 is 0 Å². The van der Waals surface area contributed by atoms with Gasteiger partial charge in [0.1, 0.15) is 0 Å². The van der Waals surface area contributed by atoms with E-state index in [9.17, 15) is 0 Å². The number of nitrogens with one attached hydrogen (secondary N) is 1. The molecule has 0 aromatic carbocycles. The topological polar surface area (TPSA) is 30.5 Å². The Balaban J connectivity index is 1.89. The minimum Gasteiger partial charge on any atom is -0.383 e. The standard InChI is InChI=1S/C11H21NO2/c1-13-9-11(5-3-6-12-11)8-10-4-2-7-14-10/h10,12H,2-9H2,1H3. The van der Waals surface area contributed by atoms with Gasteiger partial charge < -0.3 is 14.8 Å². The van der Waals surface area contributed by atoms with Crippen LogP contribution in [0.5, 0.6) is 0 Å². The number of hydrogen-bond acceptors (Lipinski definition) is 3. The van der Waals surface area contributed by atoms with Crippen LogP contribution in [0.1, 0.15) is 32.1 Å². The molecule has 0 aliphatic carbocycles. The van der Waals surface area contributed by atoms with E-state index in [2.05, 4.69) is 5.32 Å². The summed E-state index contributed by atoms with van der Waals surface area (Å²) < 4.78 is 11.0. The van der Waals surface area contributed by atoms with Crippen LogP contribution >= 0.6 is 0 Å². The van der Waals surface area contributed by atoms with Crippen molar-refractivity contribution in [2.45, 2.75) is 43.7 Å². The molecule has 2 fully saturated rings. The van der Waals surface area contributed by atoms with Crippen molar-refractivity contribution in [2.24, 2.45) is 0 Å². The molecule has 82 valence electrons. The van der Waals surface area contributed by atoms with E-state index in [0.717, 1.165) is 26.2 Å². The van der Waals surface area contributed by atoms with Gasteiger partial charge in [-0.3, -0.25) is 0 Å². The lowest BCUT2D eigenvalue weighted by atomic mass is 9.90. The van der Waals surface area contributed by atoms with Crippen molar-refractivity contribution in [3.8, 4) is 0 Å². The van der Waals surface area contributed by atoms with Crippen LogP contribution in [0.15, 0.2) is 0 Å². The first-order valence-electron chi connectivity index (χ1n) is 5.70. The average Bonchev–Trinajstić information content (AvgIpc) is 2.78. The molecule has 0 amide bonds. The molecule has 2 aliphatic rings. The summed E-state index contributed by atoms with van der Waals surface area (Å²) in [5.41, 5.74) is 0.212. The minimum absolute atomic E-state index is 0.212. The van der Waals surface area contributed by atoms with Crippen LogP contribution in [0.25, 0.3) is 0 Å². The fourth-order valence-corrected chi connectivity index (χ4v) is 2.74. The van der Waals surface area contributed by atoms with Gasteiger partial charge in [-0.2, -0.15) is 0 Å². The molecule has 0 aromatic rings. The van der Waals surface area contributed by atoms with E-state index in [1.165, 1.54) is 25.7 Å². The minimum atomic E-state index is 0.212. The molecule has 0 saturated carbocycles. The van der Waals surface area contributed by atoms with Gasteiger partial charge in [-0.1, -0.05) is 0 Å². The fraction of sp³-hybridized carbons (Fsp3) is 1.00. The lowest BCUT2D eigenvalue weighted by molar-refractivity contribution is 0.0468. The molecular formula is C11H21NO2. The predicted molar refractivity (Wildman–Crippen MR) is 55.4 cm³/mol. The highest BCUT2D eigenvalue weighted by Gasteiger charge is 2.36. The molecule has 2 unspecified atom stereocenters. The van der Waals surface area contributed by atoms with Crippen molar-refractivity contribution in [1.29, 1.82) is 0 Å². The Morgan fingerprint density at radius 2 is 2.43 bits per heavy atom. The predicted octanol–water partition coefficient (Wildman–Crippen LogP) is 1.32. The van der Waals surface area contributed by atoms with E-state index in [1.54, 1.807) is 7.11 Å². The molecule has 0 aromatic heterocycles. The van der Waals surface area contributed by atoms with Crippen molar-refractivity contribution in [3.63, 3.8) is 0 Å². The van der Waals surface area contributed by atoms with Crippen LogP contribution in [-0.4, -0.2) is 38.5 Å². The van der Waals surface area contributed by atoms with E-state index in [4.69, 9.17) is 9.47 Å². The summed E-state index contributed by atoms with van der Waals surface area (Å²) in [5.74, 6) is 0. The molecule has 2 atom stereocenters. The summed E-state index contributed by atoms with van der Waals surface area (Å²) in [7, 11) is 1.79. The first-order valence-corrected chi connectivity index (χ1v) is 5.70. The first-order chi connectivity index (χ1) is 6.85. The largest absolute Gasteiger partial charge is 0.383 e. The highest BCUT2D eigenvalue weighted by molar-refractivity contribution is 4.95. The van der Waals surface area contributed by atoms with Gasteiger partial charge in [-0.05, 0) is 38.6 Å². The quantitative estimate of drug-likeness (QED) is 0.741. The highest BCUT2D eigenvalue weighted by Crippen LogP contribution is 2.29. The van der Waals surface area contributed by atoms with Gasteiger partial charge in [0.2, 0.25) is 0 Å². The van der Waals surface area contributed by atoms with Crippen molar-refractivity contribution in [1.82, 2.24) is 5.32 Å². The third-order valence-corrected chi connectivity index (χ3v) is 3.40. The van der Waals surface area contributed by atoms with Gasteiger partial charge >= 0.3 is 0 Å². The van der Waals surface area contributed by atoms with Crippen LogP contribution in [0, 0.1) is 0 Å². The fourth-order valence-electron chi connectivity index (χ4n) is 2.74. The third-order valence-electron chi connectivity index (χ3n) is 3.40. The zero-order valence-electron chi connectivity index (χ0n) is 9.05. The Kier molecular flexibility index (Phi) is 3.42. The summed E-state index contributed by atoms with van der Waals surface area (Å²) in [5, 5.41) is 3.59. The maximum atomic E-state index is 5.69. The van der Waals surface area contributed by atoms with Crippen LogP contribution in [0.2, 0.25) is 0 Å². The first kappa shape index (κ1) is 10.4. The Morgan fingerprint density at radius 1 is 1.50 bits per heavy atom. The molecule has 14 heavy (non-hydrogen) atoms. The highest BCUT2D eigenvalue weighted by atomic mass is 16.5. The molecule has 0 spiro atoms. The van der Waals surface area contributed by atoms with Gasteiger partial charge in [-0.15, -0.1) is 0 Å². The molecule has 0 radical (unpaired) electrons. The van der Waals surface area contributed by atoms with Gasteiger partial charge in [0, 0.05) is 19.3 Å². The second kappa shape index (κ2) is 4.60. The molecule has 2 saturated heterocycles. The van der Waals surface area contributed by atoms with Crippen molar-refractivity contribution < 1.29 is 9.47 Å². The van der Waals surface area contributed by atoms with E-state index < -0.39 is 0 Å². The zero-order valence-corrected chi connectivity index (χ0v) is 9.05. The Hall–Kier alpha value is -0.120. The molecule has 3 nitrogen and oxygen atoms in total. The smallest absolute Gasteiger partial charge is 0.0645 e. The van der Waals surface area contributed by atoms with Crippen molar-refractivity contribution in [3.05, 3.63) is 0 Å². The number of rotatable bonds is 4. The van der Waals surface area contributed by atoms with E-state index in [1.807, 2.05) is 0 Å². The summed E-state index contributed by atoms with van der Waals surface area (Å²) in [6.07, 6.45) is 6.56.